The monoisotopic (exact) mass is 256 g/mol. The number of amides is 1. The number of carbonyl (C=O) groups excluding carboxylic acids is 1. The number of nitrogens with one attached hydrogen (secondary N) is 1. The highest BCUT2D eigenvalue weighted by Gasteiger charge is 2.04. The number of nitrogens with zero attached hydrogens (tertiary/aromatic N) is 3. The van der Waals surface area contributed by atoms with E-state index in [2.05, 4.69) is 22.0 Å². The summed E-state index contributed by atoms with van der Waals surface area (Å²) in [4.78, 5) is 15.6. The summed E-state index contributed by atoms with van der Waals surface area (Å²) < 4.78 is 1.65. The Balaban J connectivity index is 2.19. The van der Waals surface area contributed by atoms with E-state index in [1.165, 1.54) is 0 Å². The standard InChI is InChI=1S/C14H16N4O/c1-3-6-14(19)16-11-7-5-8-12(9-11)18-10-15-13(4-2)17-18/h4-5,7-10H,2-3,6H2,1H3,(H,16,19). The Bertz CT molecular complexity index is 589. The lowest BCUT2D eigenvalue weighted by Gasteiger charge is -2.06. The first-order valence-electron chi connectivity index (χ1n) is 6.17. The molecule has 98 valence electrons. The van der Waals surface area contributed by atoms with Gasteiger partial charge in [0.05, 0.1) is 5.69 Å². The molecule has 1 aromatic carbocycles. The lowest BCUT2D eigenvalue weighted by atomic mass is 10.2. The fraction of sp³-hybridized carbons (Fsp3) is 0.214. The Kier molecular flexibility index (Phi) is 4.07. The molecule has 0 aliphatic rings. The molecule has 1 aromatic heterocycles. The summed E-state index contributed by atoms with van der Waals surface area (Å²) in [6.07, 6.45) is 4.55. The van der Waals surface area contributed by atoms with Crippen LogP contribution >= 0.6 is 0 Å². The summed E-state index contributed by atoms with van der Waals surface area (Å²) in [6.45, 7) is 5.59. The van der Waals surface area contributed by atoms with Gasteiger partial charge in [-0.2, -0.15) is 0 Å². The molecule has 19 heavy (non-hydrogen) atoms. The topological polar surface area (TPSA) is 59.8 Å². The second-order valence-electron chi connectivity index (χ2n) is 4.10. The molecule has 2 rings (SSSR count). The van der Waals surface area contributed by atoms with Gasteiger partial charge < -0.3 is 5.32 Å². The second-order valence-corrected chi connectivity index (χ2v) is 4.10. The van der Waals surface area contributed by atoms with Gasteiger partial charge in [0.25, 0.3) is 0 Å². The zero-order chi connectivity index (χ0) is 13.7. The van der Waals surface area contributed by atoms with Gasteiger partial charge in [-0.25, -0.2) is 9.67 Å². The van der Waals surface area contributed by atoms with Crippen LogP contribution in [0.1, 0.15) is 25.6 Å². The Labute approximate surface area is 112 Å². The molecule has 0 fully saturated rings. The average molecular weight is 256 g/mol. The van der Waals surface area contributed by atoms with Crippen molar-refractivity contribution in [2.45, 2.75) is 19.8 Å². The van der Waals surface area contributed by atoms with Crippen LogP contribution in [0.4, 0.5) is 5.69 Å². The third-order valence-electron chi connectivity index (χ3n) is 2.56. The van der Waals surface area contributed by atoms with Gasteiger partial charge >= 0.3 is 0 Å². The summed E-state index contributed by atoms with van der Waals surface area (Å²) in [5, 5.41) is 7.08. The first kappa shape index (κ1) is 13.0. The van der Waals surface area contributed by atoms with E-state index in [0.717, 1.165) is 17.8 Å². The van der Waals surface area contributed by atoms with Gasteiger partial charge in [-0.1, -0.05) is 19.6 Å². The number of hydrogen-bond acceptors (Lipinski definition) is 3. The van der Waals surface area contributed by atoms with Crippen molar-refractivity contribution in [3.05, 3.63) is 43.0 Å². The van der Waals surface area contributed by atoms with Gasteiger partial charge in [0, 0.05) is 12.1 Å². The quantitative estimate of drug-likeness (QED) is 0.894. The van der Waals surface area contributed by atoms with Crippen LogP contribution in [0.5, 0.6) is 0 Å². The van der Waals surface area contributed by atoms with Crippen molar-refractivity contribution in [3.8, 4) is 5.69 Å². The Hall–Kier alpha value is -2.43. The minimum absolute atomic E-state index is 0.0185. The largest absolute Gasteiger partial charge is 0.326 e. The zero-order valence-corrected chi connectivity index (χ0v) is 10.8. The fourth-order valence-corrected chi connectivity index (χ4v) is 1.67. The number of rotatable bonds is 5. The molecule has 0 saturated carbocycles. The van der Waals surface area contributed by atoms with E-state index in [0.29, 0.717) is 12.2 Å². The molecule has 5 heteroatoms. The third-order valence-corrected chi connectivity index (χ3v) is 2.56. The molecular weight excluding hydrogens is 240 g/mol. The Morgan fingerprint density at radius 3 is 3.05 bits per heavy atom. The van der Waals surface area contributed by atoms with E-state index in [9.17, 15) is 4.79 Å². The van der Waals surface area contributed by atoms with Gasteiger partial charge in [0.1, 0.15) is 6.33 Å². The van der Waals surface area contributed by atoms with Gasteiger partial charge in [0.2, 0.25) is 5.91 Å². The van der Waals surface area contributed by atoms with E-state index in [4.69, 9.17) is 0 Å². The molecular formula is C14H16N4O. The van der Waals surface area contributed by atoms with Crippen LogP contribution < -0.4 is 5.32 Å². The molecule has 0 radical (unpaired) electrons. The normalized spacial score (nSPS) is 10.2. The van der Waals surface area contributed by atoms with Crippen LogP contribution in [0.25, 0.3) is 11.8 Å². The molecule has 1 N–H and O–H groups in total. The third kappa shape index (κ3) is 3.28. The number of benzene rings is 1. The minimum Gasteiger partial charge on any atom is -0.326 e. The highest BCUT2D eigenvalue weighted by Crippen LogP contribution is 2.14. The highest BCUT2D eigenvalue weighted by molar-refractivity contribution is 5.90. The smallest absolute Gasteiger partial charge is 0.224 e. The number of hydrogen-bond donors (Lipinski definition) is 1. The van der Waals surface area contributed by atoms with E-state index in [1.54, 1.807) is 17.1 Å². The zero-order valence-electron chi connectivity index (χ0n) is 10.8. The van der Waals surface area contributed by atoms with Crippen molar-refractivity contribution < 1.29 is 4.79 Å². The molecule has 0 spiro atoms. The molecule has 0 aliphatic heterocycles. The molecule has 0 aliphatic carbocycles. The Morgan fingerprint density at radius 1 is 1.53 bits per heavy atom. The molecule has 0 bridgehead atoms. The summed E-state index contributed by atoms with van der Waals surface area (Å²) in [5.74, 6) is 0.588. The van der Waals surface area contributed by atoms with E-state index in [1.807, 2.05) is 31.2 Å². The number of anilines is 1. The van der Waals surface area contributed by atoms with Crippen LogP contribution in [-0.4, -0.2) is 20.7 Å². The van der Waals surface area contributed by atoms with E-state index >= 15 is 0 Å². The van der Waals surface area contributed by atoms with Gasteiger partial charge in [0.15, 0.2) is 5.82 Å². The van der Waals surface area contributed by atoms with Gasteiger partial charge in [-0.05, 0) is 30.7 Å². The summed E-state index contributed by atoms with van der Waals surface area (Å²) >= 11 is 0. The maximum Gasteiger partial charge on any atom is 0.224 e. The lowest BCUT2D eigenvalue weighted by molar-refractivity contribution is -0.116. The SMILES string of the molecule is C=Cc1ncn(-c2cccc(NC(=O)CCC)c2)n1. The van der Waals surface area contributed by atoms with Crippen molar-refractivity contribution >= 4 is 17.7 Å². The average Bonchev–Trinajstić information content (AvgIpc) is 2.88. The molecule has 2 aromatic rings. The molecule has 1 heterocycles. The maximum atomic E-state index is 11.6. The van der Waals surface area contributed by atoms with Crippen molar-refractivity contribution in [2.75, 3.05) is 5.32 Å². The van der Waals surface area contributed by atoms with E-state index in [-0.39, 0.29) is 5.91 Å². The number of aromatic nitrogens is 3. The molecule has 0 atom stereocenters. The van der Waals surface area contributed by atoms with Crippen LogP contribution in [-0.2, 0) is 4.79 Å². The van der Waals surface area contributed by atoms with Crippen LogP contribution in [0.3, 0.4) is 0 Å². The van der Waals surface area contributed by atoms with Crippen molar-refractivity contribution in [3.63, 3.8) is 0 Å². The maximum absolute atomic E-state index is 11.6. The van der Waals surface area contributed by atoms with Gasteiger partial charge in [-0.3, -0.25) is 4.79 Å². The van der Waals surface area contributed by atoms with Crippen LogP contribution in [0, 0.1) is 0 Å². The number of carbonyl (C=O) groups is 1. The summed E-state index contributed by atoms with van der Waals surface area (Å²) in [7, 11) is 0. The first-order chi connectivity index (χ1) is 9.22. The van der Waals surface area contributed by atoms with Crippen LogP contribution in [0.2, 0.25) is 0 Å². The second kappa shape index (κ2) is 5.95. The predicted molar refractivity (Wildman–Crippen MR) is 75.0 cm³/mol. The van der Waals surface area contributed by atoms with Crippen LogP contribution in [0.15, 0.2) is 37.2 Å². The van der Waals surface area contributed by atoms with Crippen molar-refractivity contribution in [2.24, 2.45) is 0 Å². The lowest BCUT2D eigenvalue weighted by Crippen LogP contribution is -2.10. The fourth-order valence-electron chi connectivity index (χ4n) is 1.67. The summed E-state index contributed by atoms with van der Waals surface area (Å²) in [5.41, 5.74) is 1.60. The highest BCUT2D eigenvalue weighted by atomic mass is 16.1. The van der Waals surface area contributed by atoms with Crippen molar-refractivity contribution in [1.29, 1.82) is 0 Å². The Morgan fingerprint density at radius 2 is 2.37 bits per heavy atom. The minimum atomic E-state index is 0.0185. The summed E-state index contributed by atoms with van der Waals surface area (Å²) in [6, 6.07) is 7.47. The molecule has 0 unspecified atom stereocenters. The van der Waals surface area contributed by atoms with E-state index < -0.39 is 0 Å². The van der Waals surface area contributed by atoms with Gasteiger partial charge in [-0.15, -0.1) is 5.10 Å². The molecule has 1 amide bonds. The molecule has 5 nitrogen and oxygen atoms in total. The van der Waals surface area contributed by atoms with Crippen molar-refractivity contribution in [1.82, 2.24) is 14.8 Å². The molecule has 0 saturated heterocycles. The predicted octanol–water partition coefficient (Wildman–Crippen LogP) is 2.65. The first-order valence-corrected chi connectivity index (χ1v) is 6.17.